The summed E-state index contributed by atoms with van der Waals surface area (Å²) in [5.74, 6) is 0. The van der Waals surface area contributed by atoms with Crippen LogP contribution in [0.15, 0.2) is 0 Å². The molecule has 0 aromatic heterocycles. The number of carbonyl (C=O) groups excluding carboxylic acids is 1. The average molecular weight is 371 g/mol. The van der Waals surface area contributed by atoms with Gasteiger partial charge in [0.2, 0.25) is 0 Å². The molecule has 0 unspecified atom stereocenters. The van der Waals surface area contributed by atoms with Gasteiger partial charge in [0, 0.05) is 11.0 Å². The first-order valence-electron chi connectivity index (χ1n) is 6.15. The molecule has 0 aromatic carbocycles. The molecule has 1 aliphatic heterocycles. The highest BCUT2D eigenvalue weighted by atomic mass is 127. The molecule has 1 saturated heterocycles. The third-order valence-electron chi connectivity index (χ3n) is 2.32. The molecule has 0 saturated carbocycles. The molecule has 0 spiro atoms. The van der Waals surface area contributed by atoms with E-state index in [0.717, 1.165) is 4.43 Å². The summed E-state index contributed by atoms with van der Waals surface area (Å²) in [7, 11) is 0. The van der Waals surface area contributed by atoms with Crippen molar-refractivity contribution in [2.24, 2.45) is 0 Å². The summed E-state index contributed by atoms with van der Waals surface area (Å²) in [5.41, 5.74) is -0.469. The molecule has 0 radical (unpaired) electrons. The Morgan fingerprint density at radius 3 is 2.83 bits per heavy atom. The van der Waals surface area contributed by atoms with Crippen LogP contribution < -0.4 is 0 Å². The van der Waals surface area contributed by atoms with E-state index in [-0.39, 0.29) is 12.2 Å². The minimum atomic E-state index is -0.469. The normalized spacial score (nSPS) is 21.6. The van der Waals surface area contributed by atoms with E-state index in [2.05, 4.69) is 22.6 Å². The zero-order valence-electron chi connectivity index (χ0n) is 11.3. The van der Waals surface area contributed by atoms with Gasteiger partial charge in [-0.1, -0.05) is 22.6 Å². The summed E-state index contributed by atoms with van der Waals surface area (Å²) in [6.07, 6.45) is -0.356. The van der Waals surface area contributed by atoms with Gasteiger partial charge in [-0.15, -0.1) is 0 Å². The zero-order valence-corrected chi connectivity index (χ0v) is 13.4. The molecule has 0 aliphatic carbocycles. The lowest BCUT2D eigenvalue weighted by molar-refractivity contribution is -0.00598. The quantitative estimate of drug-likeness (QED) is 0.563. The fraction of sp³-hybridized carbons (Fsp3) is 0.917. The van der Waals surface area contributed by atoms with Gasteiger partial charge in [0.1, 0.15) is 5.60 Å². The van der Waals surface area contributed by atoms with E-state index in [4.69, 9.17) is 14.2 Å². The number of amides is 1. The van der Waals surface area contributed by atoms with Gasteiger partial charge in [-0.2, -0.15) is 0 Å². The number of alkyl halides is 1. The monoisotopic (exact) mass is 371 g/mol. The van der Waals surface area contributed by atoms with Crippen molar-refractivity contribution in [3.05, 3.63) is 0 Å². The van der Waals surface area contributed by atoms with Crippen molar-refractivity contribution in [3.8, 4) is 0 Å². The Morgan fingerprint density at radius 2 is 2.22 bits per heavy atom. The van der Waals surface area contributed by atoms with Gasteiger partial charge in [-0.3, -0.25) is 0 Å². The minimum Gasteiger partial charge on any atom is -0.444 e. The van der Waals surface area contributed by atoms with E-state index < -0.39 is 5.60 Å². The van der Waals surface area contributed by atoms with Gasteiger partial charge in [-0.05, 0) is 20.8 Å². The highest BCUT2D eigenvalue weighted by Crippen LogP contribution is 2.12. The Hall–Kier alpha value is -0.0800. The van der Waals surface area contributed by atoms with Gasteiger partial charge < -0.3 is 19.1 Å². The van der Waals surface area contributed by atoms with Crippen molar-refractivity contribution in [2.45, 2.75) is 32.5 Å². The summed E-state index contributed by atoms with van der Waals surface area (Å²) >= 11 is 2.26. The van der Waals surface area contributed by atoms with Gasteiger partial charge >= 0.3 is 6.09 Å². The molecule has 0 aromatic rings. The maximum atomic E-state index is 12.0. The van der Waals surface area contributed by atoms with E-state index in [1.807, 2.05) is 20.8 Å². The first-order valence-corrected chi connectivity index (χ1v) is 7.68. The van der Waals surface area contributed by atoms with Crippen LogP contribution in [-0.4, -0.2) is 60.0 Å². The van der Waals surface area contributed by atoms with Gasteiger partial charge in [0.05, 0.1) is 32.5 Å². The molecule has 1 aliphatic rings. The Balaban J connectivity index is 2.50. The van der Waals surface area contributed by atoms with Crippen LogP contribution in [-0.2, 0) is 14.2 Å². The van der Waals surface area contributed by atoms with E-state index >= 15 is 0 Å². The molecular formula is C12H22INO4. The first-order chi connectivity index (χ1) is 8.42. The molecule has 1 heterocycles. The van der Waals surface area contributed by atoms with Crippen molar-refractivity contribution >= 4 is 28.7 Å². The number of rotatable bonds is 3. The second kappa shape index (κ2) is 7.49. The van der Waals surface area contributed by atoms with Crippen molar-refractivity contribution < 1.29 is 19.0 Å². The predicted molar refractivity (Wildman–Crippen MR) is 77.3 cm³/mol. The number of hydrogen-bond acceptors (Lipinski definition) is 4. The number of halogens is 1. The summed E-state index contributed by atoms with van der Waals surface area (Å²) in [5, 5.41) is 0. The summed E-state index contributed by atoms with van der Waals surface area (Å²) in [4.78, 5) is 13.6. The Bertz CT molecular complexity index is 267. The van der Waals surface area contributed by atoms with Crippen molar-refractivity contribution in [1.29, 1.82) is 0 Å². The van der Waals surface area contributed by atoms with Crippen LogP contribution in [0.1, 0.15) is 20.8 Å². The summed E-state index contributed by atoms with van der Waals surface area (Å²) in [6, 6.07) is 0. The SMILES string of the molecule is CC(C)(C)OC(=O)N1CCOC[C@@H](OCCI)C1. The zero-order chi connectivity index (χ0) is 13.6. The Morgan fingerprint density at radius 1 is 1.50 bits per heavy atom. The molecule has 106 valence electrons. The molecule has 18 heavy (non-hydrogen) atoms. The van der Waals surface area contributed by atoms with Gasteiger partial charge in [0.25, 0.3) is 0 Å². The van der Waals surface area contributed by atoms with Crippen molar-refractivity contribution in [1.82, 2.24) is 4.90 Å². The van der Waals surface area contributed by atoms with Crippen LogP contribution in [0.5, 0.6) is 0 Å². The highest BCUT2D eigenvalue weighted by Gasteiger charge is 2.26. The average Bonchev–Trinajstić information content (AvgIpc) is 2.49. The fourth-order valence-corrected chi connectivity index (χ4v) is 1.84. The molecule has 1 atom stereocenters. The van der Waals surface area contributed by atoms with E-state index in [1.54, 1.807) is 4.90 Å². The second-order valence-electron chi connectivity index (χ2n) is 5.18. The largest absolute Gasteiger partial charge is 0.444 e. The number of nitrogens with zero attached hydrogens (tertiary/aromatic N) is 1. The van der Waals surface area contributed by atoms with Crippen molar-refractivity contribution in [2.75, 3.05) is 37.3 Å². The lowest BCUT2D eigenvalue weighted by Gasteiger charge is -2.27. The predicted octanol–water partition coefficient (Wildman–Crippen LogP) is 2.07. The molecule has 0 N–H and O–H groups in total. The number of ether oxygens (including phenoxy) is 3. The summed E-state index contributed by atoms with van der Waals surface area (Å²) in [6.45, 7) is 8.43. The third kappa shape index (κ3) is 6.19. The van der Waals surface area contributed by atoms with Crippen LogP contribution in [0.2, 0.25) is 0 Å². The van der Waals surface area contributed by atoms with Gasteiger partial charge in [0.15, 0.2) is 0 Å². The van der Waals surface area contributed by atoms with E-state index in [9.17, 15) is 4.79 Å². The molecule has 1 amide bonds. The summed E-state index contributed by atoms with van der Waals surface area (Å²) < 4.78 is 17.4. The smallest absolute Gasteiger partial charge is 0.410 e. The topological polar surface area (TPSA) is 48.0 Å². The Labute approximate surface area is 122 Å². The lowest BCUT2D eigenvalue weighted by atomic mass is 10.2. The highest BCUT2D eigenvalue weighted by molar-refractivity contribution is 14.1. The first kappa shape index (κ1) is 16.0. The molecule has 1 fully saturated rings. The molecule has 6 heteroatoms. The van der Waals surface area contributed by atoms with Crippen LogP contribution in [0.3, 0.4) is 0 Å². The Kier molecular flexibility index (Phi) is 6.65. The maximum absolute atomic E-state index is 12.0. The molecular weight excluding hydrogens is 349 g/mol. The van der Waals surface area contributed by atoms with Crippen LogP contribution in [0.25, 0.3) is 0 Å². The number of carbonyl (C=O) groups is 1. The van der Waals surface area contributed by atoms with E-state index in [0.29, 0.717) is 32.9 Å². The van der Waals surface area contributed by atoms with Crippen LogP contribution in [0.4, 0.5) is 4.79 Å². The van der Waals surface area contributed by atoms with Gasteiger partial charge in [-0.25, -0.2) is 4.79 Å². The van der Waals surface area contributed by atoms with Crippen LogP contribution in [0, 0.1) is 0 Å². The van der Waals surface area contributed by atoms with E-state index in [1.165, 1.54) is 0 Å². The maximum Gasteiger partial charge on any atom is 0.410 e. The number of hydrogen-bond donors (Lipinski definition) is 0. The second-order valence-corrected chi connectivity index (χ2v) is 6.26. The molecule has 1 rings (SSSR count). The fourth-order valence-electron chi connectivity index (χ4n) is 1.58. The minimum absolute atomic E-state index is 0.0604. The third-order valence-corrected chi connectivity index (χ3v) is 2.76. The molecule has 5 nitrogen and oxygen atoms in total. The standard InChI is InChI=1S/C12H22INO4/c1-12(2,3)18-11(15)14-5-7-16-9-10(8-14)17-6-4-13/h10H,4-9H2,1-3H3/t10-/m0/s1. The molecule has 0 bridgehead atoms. The van der Waals surface area contributed by atoms with Crippen LogP contribution >= 0.6 is 22.6 Å². The van der Waals surface area contributed by atoms with Crippen molar-refractivity contribution in [3.63, 3.8) is 0 Å². The lowest BCUT2D eigenvalue weighted by Crippen LogP contribution is -2.42.